The first kappa shape index (κ1) is 25.1. The second kappa shape index (κ2) is 10.9. The quantitative estimate of drug-likeness (QED) is 0.475. The third kappa shape index (κ3) is 5.16. The number of phenolic OH excluding ortho intramolecular Hbond substituents is 1. The number of nitrogens with zero attached hydrogens (tertiary/aromatic N) is 1. The molecule has 2 heterocycles. The van der Waals surface area contributed by atoms with Gasteiger partial charge in [0.15, 0.2) is 0 Å². The number of rotatable bonds is 2. The van der Waals surface area contributed by atoms with E-state index in [0.29, 0.717) is 5.57 Å². The van der Waals surface area contributed by atoms with Gasteiger partial charge in [-0.05, 0) is 72.4 Å². The van der Waals surface area contributed by atoms with E-state index in [-0.39, 0.29) is 17.6 Å². The third-order valence-electron chi connectivity index (χ3n) is 5.54. The van der Waals surface area contributed by atoms with Crippen LogP contribution in [0.5, 0.6) is 5.75 Å². The average Bonchev–Trinajstić information content (AvgIpc) is 2.76. The molecule has 1 unspecified atom stereocenters. The van der Waals surface area contributed by atoms with Gasteiger partial charge >= 0.3 is 0 Å². The maximum Gasteiger partial charge on any atom is 0.117 e. The summed E-state index contributed by atoms with van der Waals surface area (Å²) in [5, 5.41) is 19.7. The zero-order valence-corrected chi connectivity index (χ0v) is 20.4. The minimum absolute atomic E-state index is 0.0191. The van der Waals surface area contributed by atoms with Crippen molar-refractivity contribution in [3.63, 3.8) is 0 Å². The monoisotopic (exact) mass is 431 g/mol. The zero-order valence-electron chi connectivity index (χ0n) is 20.4. The van der Waals surface area contributed by atoms with Gasteiger partial charge in [0.1, 0.15) is 11.5 Å². The molecule has 32 heavy (non-hydrogen) atoms. The third-order valence-corrected chi connectivity index (χ3v) is 5.54. The van der Waals surface area contributed by atoms with E-state index in [0.717, 1.165) is 23.3 Å². The number of aliphatic hydroxyl groups excluding tert-OH is 1. The summed E-state index contributed by atoms with van der Waals surface area (Å²) in [4.78, 5) is 2.19. The van der Waals surface area contributed by atoms with Crippen LogP contribution in [-0.4, -0.2) is 15.1 Å². The molecule has 2 aromatic rings. The fourth-order valence-electron chi connectivity index (χ4n) is 3.91. The lowest BCUT2D eigenvalue weighted by atomic mass is 9.83. The molecule has 2 aliphatic rings. The van der Waals surface area contributed by atoms with Crippen LogP contribution in [0, 0.1) is 13.8 Å². The highest BCUT2D eigenvalue weighted by Crippen LogP contribution is 2.45. The Morgan fingerprint density at radius 3 is 2.19 bits per heavy atom. The lowest BCUT2D eigenvalue weighted by Crippen LogP contribution is -2.31. The smallest absolute Gasteiger partial charge is 0.117 e. The van der Waals surface area contributed by atoms with Crippen LogP contribution in [0.1, 0.15) is 68.0 Å². The van der Waals surface area contributed by atoms with Crippen LogP contribution in [0.3, 0.4) is 0 Å². The summed E-state index contributed by atoms with van der Waals surface area (Å²) >= 11 is 0. The van der Waals surface area contributed by atoms with Crippen molar-refractivity contribution in [1.29, 1.82) is 0 Å². The van der Waals surface area contributed by atoms with Crippen molar-refractivity contribution < 1.29 is 10.2 Å². The lowest BCUT2D eigenvalue weighted by molar-refractivity contribution is 0.365. The molecule has 4 rings (SSSR count). The topological polar surface area (TPSA) is 43.7 Å². The van der Waals surface area contributed by atoms with E-state index in [2.05, 4.69) is 57.9 Å². The molecule has 1 atom stereocenters. The Labute approximate surface area is 193 Å². The van der Waals surface area contributed by atoms with Gasteiger partial charge in [-0.2, -0.15) is 0 Å². The molecule has 0 saturated heterocycles. The lowest BCUT2D eigenvalue weighted by Gasteiger charge is -2.41. The molecular weight excluding hydrogens is 394 g/mol. The fourth-order valence-corrected chi connectivity index (χ4v) is 3.91. The second-order valence-corrected chi connectivity index (χ2v) is 8.06. The SMILES string of the molecule is C=C(O)C1=CN2C(=CC1=C)c1cc(C)c(C)cc1CC2c1ccc(O)cc1.CC.CCC. The minimum Gasteiger partial charge on any atom is -0.508 e. The van der Waals surface area contributed by atoms with E-state index in [1.54, 1.807) is 12.1 Å². The summed E-state index contributed by atoms with van der Waals surface area (Å²) in [6.07, 6.45) is 6.05. The van der Waals surface area contributed by atoms with E-state index in [4.69, 9.17) is 0 Å². The predicted octanol–water partition coefficient (Wildman–Crippen LogP) is 7.92. The maximum atomic E-state index is 9.99. The number of fused-ring (bicyclic) bond motifs is 3. The first-order valence-corrected chi connectivity index (χ1v) is 11.5. The van der Waals surface area contributed by atoms with Gasteiger partial charge in [-0.3, -0.25) is 0 Å². The number of hydrogen-bond donors (Lipinski definition) is 2. The van der Waals surface area contributed by atoms with Crippen molar-refractivity contribution in [2.75, 3.05) is 0 Å². The molecule has 3 heteroatoms. The molecule has 170 valence electrons. The van der Waals surface area contributed by atoms with Gasteiger partial charge < -0.3 is 15.1 Å². The number of aromatic hydroxyl groups is 1. The molecule has 3 nitrogen and oxygen atoms in total. The highest BCUT2D eigenvalue weighted by molar-refractivity contribution is 5.77. The van der Waals surface area contributed by atoms with Crippen molar-refractivity contribution in [2.45, 2.75) is 60.4 Å². The average molecular weight is 432 g/mol. The molecule has 0 spiro atoms. The van der Waals surface area contributed by atoms with Gasteiger partial charge in [0, 0.05) is 23.0 Å². The van der Waals surface area contributed by atoms with Crippen molar-refractivity contribution >= 4 is 5.70 Å². The Kier molecular flexibility index (Phi) is 8.54. The van der Waals surface area contributed by atoms with Gasteiger partial charge in [-0.15, -0.1) is 0 Å². The van der Waals surface area contributed by atoms with Gasteiger partial charge in [0.05, 0.1) is 6.04 Å². The van der Waals surface area contributed by atoms with Gasteiger partial charge in [0.2, 0.25) is 0 Å². The number of aryl methyl sites for hydroxylation is 2. The van der Waals surface area contributed by atoms with Crippen LogP contribution < -0.4 is 0 Å². The number of aliphatic hydroxyl groups is 1. The van der Waals surface area contributed by atoms with Crippen LogP contribution in [-0.2, 0) is 6.42 Å². The highest BCUT2D eigenvalue weighted by atomic mass is 16.3. The van der Waals surface area contributed by atoms with Crippen LogP contribution in [0.15, 0.2) is 78.7 Å². The first-order valence-electron chi connectivity index (χ1n) is 11.5. The Morgan fingerprint density at radius 2 is 1.62 bits per heavy atom. The predicted molar refractivity (Wildman–Crippen MR) is 137 cm³/mol. The summed E-state index contributed by atoms with van der Waals surface area (Å²) in [6.45, 7) is 20.3. The molecule has 0 aliphatic carbocycles. The summed E-state index contributed by atoms with van der Waals surface area (Å²) in [5.74, 6) is 0.273. The van der Waals surface area contributed by atoms with Crippen molar-refractivity contribution in [3.05, 3.63) is 107 Å². The summed E-state index contributed by atoms with van der Waals surface area (Å²) in [6, 6.07) is 11.9. The molecule has 0 fully saturated rings. The van der Waals surface area contributed by atoms with Crippen LogP contribution in [0.4, 0.5) is 0 Å². The molecule has 0 aromatic heterocycles. The van der Waals surface area contributed by atoms with Crippen LogP contribution in [0.2, 0.25) is 0 Å². The standard InChI is InChI=1S/C24H23NO2.C3H8.C2H6/c1-14-9-19-12-23(18-5-7-20(27)8-6-18)25-13-22(17(4)26)16(3)11-24(25)21(19)10-15(14)2;1-3-2;1-2/h5-11,13,23,26-27H,3-4,12H2,1-2H3;3H2,1-2H3;1-2H3. The zero-order chi connectivity index (χ0) is 24.0. The number of phenols is 1. The van der Waals surface area contributed by atoms with Crippen LogP contribution in [0.25, 0.3) is 5.70 Å². The van der Waals surface area contributed by atoms with Crippen LogP contribution >= 0.6 is 0 Å². The van der Waals surface area contributed by atoms with E-state index < -0.39 is 0 Å². The second-order valence-electron chi connectivity index (χ2n) is 8.06. The van der Waals surface area contributed by atoms with Gasteiger partial charge in [0.25, 0.3) is 0 Å². The van der Waals surface area contributed by atoms with Crippen molar-refractivity contribution in [3.8, 4) is 5.75 Å². The maximum absolute atomic E-state index is 9.99. The fraction of sp³-hybridized carbons (Fsp3) is 0.310. The Hall–Kier alpha value is -3.20. The van der Waals surface area contributed by atoms with E-state index in [1.165, 1.54) is 28.7 Å². The Balaban J connectivity index is 0.000000671. The molecule has 2 aromatic carbocycles. The normalized spacial score (nSPS) is 16.2. The number of allylic oxidation sites excluding steroid dienone is 2. The number of benzene rings is 2. The molecule has 2 aliphatic heterocycles. The van der Waals surface area contributed by atoms with Gasteiger partial charge in [-0.1, -0.05) is 65.5 Å². The minimum atomic E-state index is 0.0191. The first-order chi connectivity index (χ1) is 15.3. The summed E-state index contributed by atoms with van der Waals surface area (Å²) in [5.41, 5.74) is 8.62. The highest BCUT2D eigenvalue weighted by Gasteiger charge is 2.33. The molecular formula is C29H37NO2. The Bertz CT molecular complexity index is 1040. The van der Waals surface area contributed by atoms with Crippen molar-refractivity contribution in [1.82, 2.24) is 4.90 Å². The number of hydrogen-bond acceptors (Lipinski definition) is 3. The van der Waals surface area contributed by atoms with E-state index >= 15 is 0 Å². The van der Waals surface area contributed by atoms with Crippen molar-refractivity contribution in [2.24, 2.45) is 0 Å². The molecule has 0 bridgehead atoms. The van der Waals surface area contributed by atoms with Gasteiger partial charge in [-0.25, -0.2) is 0 Å². The molecule has 0 radical (unpaired) electrons. The van der Waals surface area contributed by atoms with E-state index in [9.17, 15) is 10.2 Å². The van der Waals surface area contributed by atoms with E-state index in [1.807, 2.05) is 38.3 Å². The summed E-state index contributed by atoms with van der Waals surface area (Å²) in [7, 11) is 0. The summed E-state index contributed by atoms with van der Waals surface area (Å²) < 4.78 is 0. The molecule has 0 amide bonds. The molecule has 2 N–H and O–H groups in total. The largest absolute Gasteiger partial charge is 0.508 e. The molecule has 0 saturated carbocycles. The Morgan fingerprint density at radius 1 is 1.06 bits per heavy atom.